The molecule has 0 amide bonds. The van der Waals surface area contributed by atoms with Crippen LogP contribution in [0, 0.1) is 5.41 Å². The number of nitrogens with one attached hydrogen (secondary N) is 1. The summed E-state index contributed by atoms with van der Waals surface area (Å²) >= 11 is 0. The lowest BCUT2D eigenvalue weighted by atomic mass is 9.87. The largest absolute Gasteiger partial charge is 0.355 e. The lowest BCUT2D eigenvalue weighted by Crippen LogP contribution is -2.29. The van der Waals surface area contributed by atoms with E-state index in [1.54, 1.807) is 0 Å². The molecule has 1 atom stereocenters. The lowest BCUT2D eigenvalue weighted by molar-refractivity contribution is 0.335. The number of hydrogen-bond acceptors (Lipinski definition) is 4. The number of aromatic nitrogens is 3. The summed E-state index contributed by atoms with van der Waals surface area (Å²) in [5.41, 5.74) is 6.45. The lowest BCUT2D eigenvalue weighted by Gasteiger charge is -2.22. The van der Waals surface area contributed by atoms with Crippen LogP contribution in [-0.4, -0.2) is 27.4 Å². The zero-order chi connectivity index (χ0) is 13.8. The molecule has 5 heteroatoms. The Hall–Kier alpha value is -1.10. The van der Waals surface area contributed by atoms with Crippen LogP contribution in [0.1, 0.15) is 46.9 Å². The SMILES string of the molecule is CCNc1nnc(CC(N)CC(C)(C)C)n1CC. The molecule has 104 valence electrons. The van der Waals surface area contributed by atoms with Crippen LogP contribution in [0.2, 0.25) is 0 Å². The van der Waals surface area contributed by atoms with Crippen molar-refractivity contribution in [3.8, 4) is 0 Å². The standard InChI is InChI=1S/C13H27N5/c1-6-15-12-17-16-11(18(12)7-2)8-10(14)9-13(3,4)5/h10H,6-9,14H2,1-5H3,(H,15,17). The van der Waals surface area contributed by atoms with Gasteiger partial charge in [0.2, 0.25) is 5.95 Å². The number of nitrogens with zero attached hydrogens (tertiary/aromatic N) is 3. The molecule has 0 spiro atoms. The first-order valence-electron chi connectivity index (χ1n) is 6.79. The Morgan fingerprint density at radius 3 is 2.44 bits per heavy atom. The highest BCUT2D eigenvalue weighted by molar-refractivity contribution is 5.25. The second-order valence-corrected chi connectivity index (χ2v) is 5.94. The van der Waals surface area contributed by atoms with Gasteiger partial charge >= 0.3 is 0 Å². The number of rotatable bonds is 6. The second-order valence-electron chi connectivity index (χ2n) is 5.94. The van der Waals surface area contributed by atoms with Crippen molar-refractivity contribution < 1.29 is 0 Å². The molecule has 1 aromatic rings. The summed E-state index contributed by atoms with van der Waals surface area (Å²) in [7, 11) is 0. The molecule has 0 aliphatic carbocycles. The van der Waals surface area contributed by atoms with Gasteiger partial charge in [-0.25, -0.2) is 0 Å². The predicted molar refractivity (Wildman–Crippen MR) is 75.6 cm³/mol. The van der Waals surface area contributed by atoms with Crippen molar-refractivity contribution in [1.29, 1.82) is 0 Å². The van der Waals surface area contributed by atoms with Crippen molar-refractivity contribution in [1.82, 2.24) is 14.8 Å². The first-order chi connectivity index (χ1) is 8.37. The van der Waals surface area contributed by atoms with E-state index in [1.165, 1.54) is 0 Å². The average Bonchev–Trinajstić information content (AvgIpc) is 2.58. The summed E-state index contributed by atoms with van der Waals surface area (Å²) in [5.74, 6) is 1.82. The van der Waals surface area contributed by atoms with Gasteiger partial charge in [-0.05, 0) is 25.7 Å². The van der Waals surface area contributed by atoms with Gasteiger partial charge in [-0.2, -0.15) is 0 Å². The maximum absolute atomic E-state index is 6.20. The van der Waals surface area contributed by atoms with Crippen molar-refractivity contribution in [2.24, 2.45) is 11.1 Å². The summed E-state index contributed by atoms with van der Waals surface area (Å²) in [6, 6.07) is 0.133. The van der Waals surface area contributed by atoms with Gasteiger partial charge in [-0.3, -0.25) is 4.57 Å². The maximum atomic E-state index is 6.20. The molecule has 1 rings (SSSR count). The molecule has 5 nitrogen and oxygen atoms in total. The molecule has 1 heterocycles. The average molecular weight is 253 g/mol. The van der Waals surface area contributed by atoms with Gasteiger partial charge in [0.05, 0.1) is 0 Å². The fraction of sp³-hybridized carbons (Fsp3) is 0.846. The highest BCUT2D eigenvalue weighted by Gasteiger charge is 2.19. The quantitative estimate of drug-likeness (QED) is 0.814. The first kappa shape index (κ1) is 15.0. The van der Waals surface area contributed by atoms with Crippen molar-refractivity contribution in [2.45, 2.75) is 60.0 Å². The molecule has 18 heavy (non-hydrogen) atoms. The van der Waals surface area contributed by atoms with Gasteiger partial charge in [0.1, 0.15) is 5.82 Å². The summed E-state index contributed by atoms with van der Waals surface area (Å²) < 4.78 is 2.10. The van der Waals surface area contributed by atoms with Gasteiger partial charge in [0, 0.05) is 25.6 Å². The molecule has 0 aliphatic rings. The Bertz CT molecular complexity index is 364. The molecule has 1 aromatic heterocycles. The molecule has 0 radical (unpaired) electrons. The Kier molecular flexibility index (Phi) is 5.14. The Morgan fingerprint density at radius 2 is 1.94 bits per heavy atom. The number of nitrogens with two attached hydrogens (primary N) is 1. The van der Waals surface area contributed by atoms with Crippen LogP contribution >= 0.6 is 0 Å². The number of anilines is 1. The van der Waals surface area contributed by atoms with Gasteiger partial charge in [-0.15, -0.1) is 10.2 Å². The minimum atomic E-state index is 0.133. The third-order valence-electron chi connectivity index (χ3n) is 2.80. The third kappa shape index (κ3) is 4.29. The fourth-order valence-electron chi connectivity index (χ4n) is 2.20. The van der Waals surface area contributed by atoms with E-state index in [9.17, 15) is 0 Å². The highest BCUT2D eigenvalue weighted by Crippen LogP contribution is 2.21. The van der Waals surface area contributed by atoms with Crippen molar-refractivity contribution in [2.75, 3.05) is 11.9 Å². The Balaban J connectivity index is 2.72. The topological polar surface area (TPSA) is 68.8 Å². The second kappa shape index (κ2) is 6.18. The summed E-state index contributed by atoms with van der Waals surface area (Å²) in [4.78, 5) is 0. The Labute approximate surface area is 110 Å². The van der Waals surface area contributed by atoms with E-state index in [1.807, 2.05) is 0 Å². The van der Waals surface area contributed by atoms with E-state index >= 15 is 0 Å². The van der Waals surface area contributed by atoms with Crippen molar-refractivity contribution >= 4 is 5.95 Å². The monoisotopic (exact) mass is 253 g/mol. The molecule has 0 fully saturated rings. The molecular weight excluding hydrogens is 226 g/mol. The summed E-state index contributed by atoms with van der Waals surface area (Å²) in [6.45, 7) is 12.5. The Morgan fingerprint density at radius 1 is 1.28 bits per heavy atom. The van der Waals surface area contributed by atoms with E-state index in [-0.39, 0.29) is 11.5 Å². The molecule has 0 aliphatic heterocycles. The molecule has 0 bridgehead atoms. The van der Waals surface area contributed by atoms with Crippen LogP contribution in [0.5, 0.6) is 0 Å². The van der Waals surface area contributed by atoms with E-state index in [2.05, 4.69) is 54.7 Å². The maximum Gasteiger partial charge on any atom is 0.224 e. The van der Waals surface area contributed by atoms with Crippen LogP contribution in [0.4, 0.5) is 5.95 Å². The normalized spacial score (nSPS) is 13.7. The smallest absolute Gasteiger partial charge is 0.224 e. The van der Waals surface area contributed by atoms with E-state index in [0.717, 1.165) is 37.7 Å². The molecule has 0 saturated heterocycles. The predicted octanol–water partition coefficient (Wildman–Crippen LogP) is 2.04. The van der Waals surface area contributed by atoms with E-state index < -0.39 is 0 Å². The summed E-state index contributed by atoms with van der Waals surface area (Å²) in [5, 5.41) is 11.6. The minimum absolute atomic E-state index is 0.133. The van der Waals surface area contributed by atoms with Crippen molar-refractivity contribution in [3.05, 3.63) is 5.82 Å². The van der Waals surface area contributed by atoms with Crippen LogP contribution in [0.15, 0.2) is 0 Å². The molecule has 3 N–H and O–H groups in total. The molecule has 0 aromatic carbocycles. The zero-order valence-corrected chi connectivity index (χ0v) is 12.3. The highest BCUT2D eigenvalue weighted by atomic mass is 15.3. The van der Waals surface area contributed by atoms with Crippen LogP contribution < -0.4 is 11.1 Å². The van der Waals surface area contributed by atoms with Crippen LogP contribution in [-0.2, 0) is 13.0 Å². The van der Waals surface area contributed by atoms with Crippen LogP contribution in [0.25, 0.3) is 0 Å². The van der Waals surface area contributed by atoms with Gasteiger partial charge in [0.25, 0.3) is 0 Å². The first-order valence-corrected chi connectivity index (χ1v) is 6.79. The van der Waals surface area contributed by atoms with Gasteiger partial charge < -0.3 is 11.1 Å². The zero-order valence-electron chi connectivity index (χ0n) is 12.3. The molecule has 0 saturated carbocycles. The van der Waals surface area contributed by atoms with Gasteiger partial charge in [-0.1, -0.05) is 20.8 Å². The molecule has 1 unspecified atom stereocenters. The van der Waals surface area contributed by atoms with Crippen molar-refractivity contribution in [3.63, 3.8) is 0 Å². The van der Waals surface area contributed by atoms with Gasteiger partial charge in [0.15, 0.2) is 0 Å². The fourth-order valence-corrected chi connectivity index (χ4v) is 2.20. The minimum Gasteiger partial charge on any atom is -0.355 e. The van der Waals surface area contributed by atoms with Crippen LogP contribution in [0.3, 0.4) is 0 Å². The van der Waals surface area contributed by atoms with E-state index in [0.29, 0.717) is 0 Å². The third-order valence-corrected chi connectivity index (χ3v) is 2.80. The number of hydrogen-bond donors (Lipinski definition) is 2. The van der Waals surface area contributed by atoms with E-state index in [4.69, 9.17) is 5.73 Å². The summed E-state index contributed by atoms with van der Waals surface area (Å²) in [6.07, 6.45) is 1.77. The molecular formula is C13H27N5.